The average molecular weight is 398 g/mol. The first-order valence-corrected chi connectivity index (χ1v) is 9.76. The number of rotatable bonds is 7. The normalized spacial score (nSPS) is 14.7. The predicted octanol–water partition coefficient (Wildman–Crippen LogP) is 2.72. The summed E-state index contributed by atoms with van der Waals surface area (Å²) < 4.78 is 0. The van der Waals surface area contributed by atoms with E-state index in [0.29, 0.717) is 23.6 Å². The quantitative estimate of drug-likeness (QED) is 0.629. The molecule has 1 unspecified atom stereocenters. The van der Waals surface area contributed by atoms with Gasteiger partial charge in [0, 0.05) is 30.1 Å². The van der Waals surface area contributed by atoms with Gasteiger partial charge in [-0.15, -0.1) is 0 Å². The summed E-state index contributed by atoms with van der Waals surface area (Å²) in [6.07, 6.45) is 3.44. The number of hydrogen-bond donors (Lipinski definition) is 3. The SMILES string of the molecule is O=C(NC(Cc1ccccc1)C(=O)NCC1=CCNCC1)c1ccc(Cl)cc1. The Labute approximate surface area is 170 Å². The lowest BCUT2D eigenvalue weighted by Crippen LogP contribution is -2.48. The molecule has 146 valence electrons. The lowest BCUT2D eigenvalue weighted by molar-refractivity contribution is -0.122. The van der Waals surface area contributed by atoms with Crippen molar-refractivity contribution in [2.45, 2.75) is 18.9 Å². The second-order valence-electron chi connectivity index (χ2n) is 6.76. The highest BCUT2D eigenvalue weighted by molar-refractivity contribution is 6.30. The first kappa shape index (κ1) is 20.1. The highest BCUT2D eigenvalue weighted by Crippen LogP contribution is 2.11. The van der Waals surface area contributed by atoms with Crippen LogP contribution in [0.25, 0.3) is 0 Å². The van der Waals surface area contributed by atoms with Crippen LogP contribution >= 0.6 is 11.6 Å². The number of nitrogens with one attached hydrogen (secondary N) is 3. The molecule has 6 heteroatoms. The molecule has 3 N–H and O–H groups in total. The van der Waals surface area contributed by atoms with E-state index in [1.54, 1.807) is 24.3 Å². The molecule has 1 heterocycles. The lowest BCUT2D eigenvalue weighted by Gasteiger charge is -2.20. The van der Waals surface area contributed by atoms with Crippen LogP contribution < -0.4 is 16.0 Å². The topological polar surface area (TPSA) is 70.2 Å². The van der Waals surface area contributed by atoms with Crippen LogP contribution in [-0.2, 0) is 11.2 Å². The summed E-state index contributed by atoms with van der Waals surface area (Å²) in [6, 6.07) is 15.6. The number of carbonyl (C=O) groups is 2. The summed E-state index contributed by atoms with van der Waals surface area (Å²) >= 11 is 5.89. The fourth-order valence-corrected chi connectivity index (χ4v) is 3.18. The van der Waals surface area contributed by atoms with E-state index >= 15 is 0 Å². The molecule has 0 saturated carbocycles. The van der Waals surface area contributed by atoms with E-state index in [-0.39, 0.29) is 11.8 Å². The second-order valence-corrected chi connectivity index (χ2v) is 7.19. The number of benzene rings is 2. The summed E-state index contributed by atoms with van der Waals surface area (Å²) in [7, 11) is 0. The van der Waals surface area contributed by atoms with Gasteiger partial charge in [-0.05, 0) is 42.8 Å². The van der Waals surface area contributed by atoms with Crippen LogP contribution in [0, 0.1) is 0 Å². The van der Waals surface area contributed by atoms with Crippen LogP contribution in [0.1, 0.15) is 22.3 Å². The maximum Gasteiger partial charge on any atom is 0.251 e. The number of halogens is 1. The van der Waals surface area contributed by atoms with E-state index in [0.717, 1.165) is 25.1 Å². The molecule has 0 fully saturated rings. The third kappa shape index (κ3) is 5.94. The zero-order valence-electron chi connectivity index (χ0n) is 15.6. The average Bonchev–Trinajstić information content (AvgIpc) is 2.73. The Morgan fingerprint density at radius 2 is 1.82 bits per heavy atom. The number of carbonyl (C=O) groups excluding carboxylic acids is 2. The minimum absolute atomic E-state index is 0.189. The van der Waals surface area contributed by atoms with Gasteiger partial charge in [0.1, 0.15) is 6.04 Å². The molecule has 0 aliphatic carbocycles. The van der Waals surface area contributed by atoms with Gasteiger partial charge in [-0.2, -0.15) is 0 Å². The molecule has 0 bridgehead atoms. The number of hydrogen-bond acceptors (Lipinski definition) is 3. The van der Waals surface area contributed by atoms with Crippen LogP contribution in [0.3, 0.4) is 0 Å². The van der Waals surface area contributed by atoms with Crippen LogP contribution in [-0.4, -0.2) is 37.5 Å². The van der Waals surface area contributed by atoms with Gasteiger partial charge in [0.15, 0.2) is 0 Å². The van der Waals surface area contributed by atoms with Crippen molar-refractivity contribution in [1.29, 1.82) is 0 Å². The largest absolute Gasteiger partial charge is 0.351 e. The van der Waals surface area contributed by atoms with E-state index < -0.39 is 6.04 Å². The Kier molecular flexibility index (Phi) is 7.23. The van der Waals surface area contributed by atoms with Gasteiger partial charge in [-0.1, -0.05) is 53.6 Å². The maximum atomic E-state index is 12.8. The summed E-state index contributed by atoms with van der Waals surface area (Å²) in [6.45, 7) is 2.25. The van der Waals surface area contributed by atoms with Gasteiger partial charge in [-0.3, -0.25) is 9.59 Å². The number of amides is 2. The Balaban J connectivity index is 1.68. The van der Waals surface area contributed by atoms with Crippen LogP contribution in [0.4, 0.5) is 0 Å². The molecule has 3 rings (SSSR count). The van der Waals surface area contributed by atoms with Gasteiger partial charge >= 0.3 is 0 Å². The Morgan fingerprint density at radius 1 is 1.07 bits per heavy atom. The fourth-order valence-electron chi connectivity index (χ4n) is 3.06. The van der Waals surface area contributed by atoms with Crippen molar-refractivity contribution in [1.82, 2.24) is 16.0 Å². The monoisotopic (exact) mass is 397 g/mol. The van der Waals surface area contributed by atoms with E-state index in [2.05, 4.69) is 22.0 Å². The van der Waals surface area contributed by atoms with Crippen molar-refractivity contribution in [3.05, 3.63) is 82.4 Å². The molecule has 0 aromatic heterocycles. The lowest BCUT2D eigenvalue weighted by atomic mass is 10.0. The van der Waals surface area contributed by atoms with E-state index in [9.17, 15) is 9.59 Å². The van der Waals surface area contributed by atoms with Crippen LogP contribution in [0.2, 0.25) is 5.02 Å². The van der Waals surface area contributed by atoms with Crippen molar-refractivity contribution in [2.24, 2.45) is 0 Å². The van der Waals surface area contributed by atoms with Gasteiger partial charge in [0.05, 0.1) is 0 Å². The molecular weight excluding hydrogens is 374 g/mol. The van der Waals surface area contributed by atoms with Crippen LogP contribution in [0.15, 0.2) is 66.2 Å². The molecule has 28 heavy (non-hydrogen) atoms. The summed E-state index contributed by atoms with van der Waals surface area (Å²) in [5, 5.41) is 9.64. The zero-order valence-corrected chi connectivity index (χ0v) is 16.3. The summed E-state index contributed by atoms with van der Waals surface area (Å²) in [5.41, 5.74) is 2.66. The van der Waals surface area contributed by atoms with Gasteiger partial charge in [-0.25, -0.2) is 0 Å². The van der Waals surface area contributed by atoms with E-state index in [1.807, 2.05) is 30.3 Å². The molecular formula is C22H24ClN3O2. The Morgan fingerprint density at radius 3 is 2.50 bits per heavy atom. The third-order valence-electron chi connectivity index (χ3n) is 4.66. The highest BCUT2D eigenvalue weighted by atomic mass is 35.5. The minimum Gasteiger partial charge on any atom is -0.351 e. The van der Waals surface area contributed by atoms with Gasteiger partial charge in [0.25, 0.3) is 5.91 Å². The highest BCUT2D eigenvalue weighted by Gasteiger charge is 2.22. The third-order valence-corrected chi connectivity index (χ3v) is 4.91. The molecule has 2 amide bonds. The van der Waals surface area contributed by atoms with Crippen molar-refractivity contribution >= 4 is 23.4 Å². The first-order chi connectivity index (χ1) is 13.6. The second kappa shape index (κ2) is 10.1. The maximum absolute atomic E-state index is 12.8. The van der Waals surface area contributed by atoms with Crippen molar-refractivity contribution in [2.75, 3.05) is 19.6 Å². The van der Waals surface area contributed by atoms with Crippen molar-refractivity contribution in [3.8, 4) is 0 Å². The van der Waals surface area contributed by atoms with Crippen LogP contribution in [0.5, 0.6) is 0 Å². The Hall–Kier alpha value is -2.63. The molecule has 2 aromatic rings. The first-order valence-electron chi connectivity index (χ1n) is 9.38. The smallest absolute Gasteiger partial charge is 0.251 e. The van der Waals surface area contributed by atoms with Gasteiger partial charge < -0.3 is 16.0 Å². The standard InChI is InChI=1S/C22H24ClN3O2/c23-19-8-6-18(7-9-19)21(27)26-20(14-16-4-2-1-3-5-16)22(28)25-15-17-10-12-24-13-11-17/h1-10,20,24H,11-15H2,(H,25,28)(H,26,27). The molecule has 0 spiro atoms. The van der Waals surface area contributed by atoms with E-state index in [1.165, 1.54) is 5.57 Å². The van der Waals surface area contributed by atoms with E-state index in [4.69, 9.17) is 11.6 Å². The van der Waals surface area contributed by atoms with Crippen molar-refractivity contribution in [3.63, 3.8) is 0 Å². The molecule has 1 atom stereocenters. The predicted molar refractivity (Wildman–Crippen MR) is 111 cm³/mol. The minimum atomic E-state index is -0.659. The molecule has 1 aliphatic heterocycles. The molecule has 0 radical (unpaired) electrons. The molecule has 2 aromatic carbocycles. The Bertz CT molecular complexity index is 835. The molecule has 0 saturated heterocycles. The molecule has 1 aliphatic rings. The van der Waals surface area contributed by atoms with Gasteiger partial charge in [0.2, 0.25) is 5.91 Å². The summed E-state index contributed by atoms with van der Waals surface area (Å²) in [5.74, 6) is -0.487. The fraction of sp³-hybridized carbons (Fsp3) is 0.273. The molecule has 5 nitrogen and oxygen atoms in total. The zero-order chi connectivity index (χ0) is 19.8. The summed E-state index contributed by atoms with van der Waals surface area (Å²) in [4.78, 5) is 25.4. The van der Waals surface area contributed by atoms with Crippen molar-refractivity contribution < 1.29 is 9.59 Å².